The van der Waals surface area contributed by atoms with E-state index in [0.717, 1.165) is 28.3 Å². The summed E-state index contributed by atoms with van der Waals surface area (Å²) in [5.41, 5.74) is 4.00. The van der Waals surface area contributed by atoms with E-state index >= 15 is 0 Å². The Kier molecular flexibility index (Phi) is 4.80. The average molecular weight is 337 g/mol. The first-order valence-corrected chi connectivity index (χ1v) is 7.97. The molecule has 2 heterocycles. The van der Waals surface area contributed by atoms with E-state index in [9.17, 15) is 5.26 Å². The van der Waals surface area contributed by atoms with Crippen LogP contribution in [0.2, 0.25) is 0 Å². The molecule has 0 unspecified atom stereocenters. The standard InChI is InChI=1S/C18H19N5O2/c1-11-12(2)21-22-18(16(11)9-19)20-10-15-8-17(23-25-15)13-4-6-14(24-3)7-5-13/h4-7,15H,8,10H2,1-3H3,(H,20,22)/t15-/m1/s1. The Bertz CT molecular complexity index is 840. The normalized spacial score (nSPS) is 15.9. The lowest BCUT2D eigenvalue weighted by atomic mass is 10.0. The molecule has 0 saturated carbocycles. The first-order chi connectivity index (χ1) is 12.1. The number of rotatable bonds is 5. The lowest BCUT2D eigenvalue weighted by molar-refractivity contribution is 0.0948. The number of nitrogens with zero attached hydrogens (tertiary/aromatic N) is 4. The van der Waals surface area contributed by atoms with Gasteiger partial charge in [-0.05, 0) is 49.2 Å². The van der Waals surface area contributed by atoms with Gasteiger partial charge in [0.15, 0.2) is 5.82 Å². The third-order valence-corrected chi connectivity index (χ3v) is 4.22. The fraction of sp³-hybridized carbons (Fsp3) is 0.333. The van der Waals surface area contributed by atoms with Gasteiger partial charge in [0.25, 0.3) is 0 Å². The quantitative estimate of drug-likeness (QED) is 0.901. The number of oxime groups is 1. The van der Waals surface area contributed by atoms with Crippen molar-refractivity contribution in [1.29, 1.82) is 5.26 Å². The number of nitriles is 1. The minimum absolute atomic E-state index is 0.118. The summed E-state index contributed by atoms with van der Waals surface area (Å²) in [6.45, 7) is 4.20. The van der Waals surface area contributed by atoms with Crippen LogP contribution >= 0.6 is 0 Å². The van der Waals surface area contributed by atoms with Crippen LogP contribution in [0.15, 0.2) is 29.4 Å². The van der Waals surface area contributed by atoms with Crippen LogP contribution in [0.3, 0.4) is 0 Å². The summed E-state index contributed by atoms with van der Waals surface area (Å²) >= 11 is 0. The van der Waals surface area contributed by atoms with Crippen LogP contribution in [-0.2, 0) is 4.84 Å². The van der Waals surface area contributed by atoms with Crippen molar-refractivity contribution in [3.8, 4) is 11.8 Å². The van der Waals surface area contributed by atoms with Crippen LogP contribution in [0.1, 0.15) is 28.8 Å². The largest absolute Gasteiger partial charge is 0.497 e. The molecule has 0 aliphatic carbocycles. The molecule has 0 spiro atoms. The van der Waals surface area contributed by atoms with Crippen LogP contribution < -0.4 is 10.1 Å². The van der Waals surface area contributed by atoms with Crippen LogP contribution in [0.5, 0.6) is 5.75 Å². The maximum absolute atomic E-state index is 9.33. The number of hydrogen-bond donors (Lipinski definition) is 1. The van der Waals surface area contributed by atoms with E-state index in [-0.39, 0.29) is 6.10 Å². The maximum atomic E-state index is 9.33. The van der Waals surface area contributed by atoms with Gasteiger partial charge in [-0.3, -0.25) is 0 Å². The second kappa shape index (κ2) is 7.18. The number of methoxy groups -OCH3 is 1. The predicted octanol–water partition coefficient (Wildman–Crippen LogP) is 2.58. The molecule has 7 nitrogen and oxygen atoms in total. The van der Waals surface area contributed by atoms with Crippen molar-refractivity contribution < 1.29 is 9.57 Å². The number of ether oxygens (including phenoxy) is 1. The highest BCUT2D eigenvalue weighted by Gasteiger charge is 2.23. The number of anilines is 1. The smallest absolute Gasteiger partial charge is 0.167 e. The van der Waals surface area contributed by atoms with E-state index in [1.165, 1.54) is 0 Å². The monoisotopic (exact) mass is 337 g/mol. The van der Waals surface area contributed by atoms with Gasteiger partial charge in [-0.2, -0.15) is 10.4 Å². The molecule has 0 saturated heterocycles. The molecule has 0 fully saturated rings. The second-order valence-corrected chi connectivity index (χ2v) is 5.82. The van der Waals surface area contributed by atoms with Gasteiger partial charge in [0, 0.05) is 6.42 Å². The van der Waals surface area contributed by atoms with Crippen LogP contribution in [0, 0.1) is 25.2 Å². The summed E-state index contributed by atoms with van der Waals surface area (Å²) in [4.78, 5) is 5.49. The zero-order valence-electron chi connectivity index (χ0n) is 14.4. The van der Waals surface area contributed by atoms with E-state index in [1.807, 2.05) is 38.1 Å². The second-order valence-electron chi connectivity index (χ2n) is 5.82. The van der Waals surface area contributed by atoms with Crippen molar-refractivity contribution in [2.24, 2.45) is 5.16 Å². The SMILES string of the molecule is COc1ccc(C2=NO[C@@H](CNc3nnc(C)c(C)c3C#N)C2)cc1. The van der Waals surface area contributed by atoms with Crippen LogP contribution in [-0.4, -0.2) is 35.7 Å². The molecule has 1 aliphatic rings. The molecule has 1 atom stereocenters. The maximum Gasteiger partial charge on any atom is 0.167 e. The third kappa shape index (κ3) is 3.53. The molecule has 7 heteroatoms. The first-order valence-electron chi connectivity index (χ1n) is 7.97. The summed E-state index contributed by atoms with van der Waals surface area (Å²) in [5, 5.41) is 24.8. The van der Waals surface area contributed by atoms with Gasteiger partial charge in [-0.25, -0.2) is 0 Å². The molecule has 0 amide bonds. The predicted molar refractivity (Wildman–Crippen MR) is 93.7 cm³/mol. The summed E-state index contributed by atoms with van der Waals surface area (Å²) in [6.07, 6.45) is 0.562. The van der Waals surface area contributed by atoms with E-state index in [2.05, 4.69) is 26.7 Å². The van der Waals surface area contributed by atoms with Crippen molar-refractivity contribution >= 4 is 11.5 Å². The Morgan fingerprint density at radius 3 is 2.72 bits per heavy atom. The van der Waals surface area contributed by atoms with Crippen molar-refractivity contribution in [3.63, 3.8) is 0 Å². The molecule has 0 bridgehead atoms. The molecule has 1 aromatic carbocycles. The zero-order valence-corrected chi connectivity index (χ0v) is 14.4. The highest BCUT2D eigenvalue weighted by atomic mass is 16.6. The number of benzene rings is 1. The van der Waals surface area contributed by atoms with Gasteiger partial charge in [-0.1, -0.05) is 5.16 Å². The minimum Gasteiger partial charge on any atom is -0.497 e. The lowest BCUT2D eigenvalue weighted by Crippen LogP contribution is -2.21. The number of aryl methyl sites for hydroxylation is 1. The van der Waals surface area contributed by atoms with E-state index < -0.39 is 0 Å². The van der Waals surface area contributed by atoms with Crippen molar-refractivity contribution in [2.45, 2.75) is 26.4 Å². The zero-order chi connectivity index (χ0) is 17.8. The molecule has 2 aromatic rings. The molecule has 1 N–H and O–H groups in total. The molecular weight excluding hydrogens is 318 g/mol. The van der Waals surface area contributed by atoms with Gasteiger partial charge in [0.05, 0.1) is 25.1 Å². The van der Waals surface area contributed by atoms with Gasteiger partial charge in [-0.15, -0.1) is 5.10 Å². The van der Waals surface area contributed by atoms with E-state index in [4.69, 9.17) is 9.57 Å². The third-order valence-electron chi connectivity index (χ3n) is 4.22. The molecule has 25 heavy (non-hydrogen) atoms. The fourth-order valence-electron chi connectivity index (χ4n) is 2.57. The summed E-state index contributed by atoms with van der Waals surface area (Å²) < 4.78 is 5.16. The number of aromatic nitrogens is 2. The van der Waals surface area contributed by atoms with Gasteiger partial charge in [0.2, 0.25) is 0 Å². The summed E-state index contributed by atoms with van der Waals surface area (Å²) in [7, 11) is 1.64. The average Bonchev–Trinajstić information content (AvgIpc) is 3.12. The lowest BCUT2D eigenvalue weighted by Gasteiger charge is -2.12. The Balaban J connectivity index is 1.62. The molecular formula is C18H19N5O2. The summed E-state index contributed by atoms with van der Waals surface area (Å²) in [6, 6.07) is 9.89. The van der Waals surface area contributed by atoms with Crippen molar-refractivity contribution in [1.82, 2.24) is 10.2 Å². The molecule has 128 valence electrons. The van der Waals surface area contributed by atoms with Crippen LogP contribution in [0.4, 0.5) is 5.82 Å². The van der Waals surface area contributed by atoms with Crippen LogP contribution in [0.25, 0.3) is 0 Å². The van der Waals surface area contributed by atoms with Gasteiger partial charge < -0.3 is 14.9 Å². The molecule has 1 aromatic heterocycles. The number of nitrogens with one attached hydrogen (secondary N) is 1. The topological polar surface area (TPSA) is 92.4 Å². The van der Waals surface area contributed by atoms with Crippen molar-refractivity contribution in [3.05, 3.63) is 46.6 Å². The van der Waals surface area contributed by atoms with Crippen molar-refractivity contribution in [2.75, 3.05) is 19.0 Å². The Labute approximate surface area is 146 Å². The molecule has 0 radical (unpaired) electrons. The highest BCUT2D eigenvalue weighted by molar-refractivity contribution is 6.01. The van der Waals surface area contributed by atoms with Gasteiger partial charge >= 0.3 is 0 Å². The Hall–Kier alpha value is -3.14. The summed E-state index contributed by atoms with van der Waals surface area (Å²) in [5.74, 6) is 1.28. The number of hydrogen-bond acceptors (Lipinski definition) is 7. The molecule has 1 aliphatic heterocycles. The first kappa shape index (κ1) is 16.7. The molecule has 3 rings (SSSR count). The minimum atomic E-state index is -0.118. The fourth-order valence-corrected chi connectivity index (χ4v) is 2.57. The Morgan fingerprint density at radius 2 is 2.04 bits per heavy atom. The van der Waals surface area contributed by atoms with E-state index in [0.29, 0.717) is 24.3 Å². The van der Waals surface area contributed by atoms with Gasteiger partial charge in [0.1, 0.15) is 23.5 Å². The highest BCUT2D eigenvalue weighted by Crippen LogP contribution is 2.21. The van der Waals surface area contributed by atoms with E-state index in [1.54, 1.807) is 7.11 Å². The Morgan fingerprint density at radius 1 is 1.28 bits per heavy atom.